The largest absolute Gasteiger partial charge is 0.256 e. The molecule has 25 heavy (non-hydrogen) atoms. The number of benzene rings is 3. The van der Waals surface area contributed by atoms with Crippen LogP contribution in [-0.4, -0.2) is 4.98 Å². The number of thiophene rings is 1. The molecule has 0 saturated heterocycles. The van der Waals surface area contributed by atoms with Gasteiger partial charge in [-0.2, -0.15) is 0 Å². The molecule has 0 amide bonds. The molecule has 2 aromatic heterocycles. The van der Waals surface area contributed by atoms with Gasteiger partial charge in [0.05, 0.1) is 5.69 Å². The Balaban J connectivity index is 1.67. The predicted octanol–water partition coefficient (Wildman–Crippen LogP) is 6.78. The zero-order chi connectivity index (χ0) is 16.6. The first-order valence-corrected chi connectivity index (χ1v) is 9.13. The number of rotatable bonds is 2. The Morgan fingerprint density at radius 3 is 2.28 bits per heavy atom. The second-order valence-corrected chi connectivity index (χ2v) is 7.19. The van der Waals surface area contributed by atoms with Crippen molar-refractivity contribution in [2.45, 2.75) is 0 Å². The Hall–Kier alpha value is -2.97. The van der Waals surface area contributed by atoms with Crippen LogP contribution in [0.3, 0.4) is 0 Å². The third-order valence-corrected chi connectivity index (χ3v) is 5.69. The van der Waals surface area contributed by atoms with Crippen LogP contribution in [-0.2, 0) is 0 Å². The lowest BCUT2D eigenvalue weighted by Crippen LogP contribution is -1.83. The molecular formula is C23H15NS. The highest BCUT2D eigenvalue weighted by molar-refractivity contribution is 7.25. The zero-order valence-corrected chi connectivity index (χ0v) is 14.3. The van der Waals surface area contributed by atoms with Crippen molar-refractivity contribution in [3.8, 4) is 22.4 Å². The van der Waals surface area contributed by atoms with Gasteiger partial charge in [-0.1, -0.05) is 48.5 Å². The van der Waals surface area contributed by atoms with E-state index in [9.17, 15) is 0 Å². The summed E-state index contributed by atoms with van der Waals surface area (Å²) in [6.07, 6.45) is 1.84. The van der Waals surface area contributed by atoms with Crippen molar-refractivity contribution < 1.29 is 0 Å². The van der Waals surface area contributed by atoms with Crippen LogP contribution >= 0.6 is 11.3 Å². The van der Waals surface area contributed by atoms with E-state index in [4.69, 9.17) is 0 Å². The lowest BCUT2D eigenvalue weighted by molar-refractivity contribution is 1.33. The Kier molecular flexibility index (Phi) is 3.36. The van der Waals surface area contributed by atoms with Gasteiger partial charge in [0, 0.05) is 31.9 Å². The van der Waals surface area contributed by atoms with Gasteiger partial charge in [0.2, 0.25) is 0 Å². The molecule has 3 aromatic carbocycles. The maximum atomic E-state index is 4.47. The van der Waals surface area contributed by atoms with E-state index in [1.807, 2.05) is 29.7 Å². The summed E-state index contributed by atoms with van der Waals surface area (Å²) in [5, 5.41) is 2.67. The minimum absolute atomic E-state index is 1.01. The Morgan fingerprint density at radius 1 is 0.560 bits per heavy atom. The summed E-state index contributed by atoms with van der Waals surface area (Å²) in [7, 11) is 0. The lowest BCUT2D eigenvalue weighted by Gasteiger charge is -2.06. The third-order valence-electron chi connectivity index (χ3n) is 4.53. The molecule has 0 aliphatic heterocycles. The second kappa shape index (κ2) is 5.83. The first-order valence-electron chi connectivity index (χ1n) is 8.32. The molecule has 0 unspecified atom stereocenters. The van der Waals surface area contributed by atoms with Crippen molar-refractivity contribution in [3.05, 3.63) is 91.1 Å². The molecular weight excluding hydrogens is 322 g/mol. The van der Waals surface area contributed by atoms with E-state index in [1.54, 1.807) is 0 Å². The molecule has 2 heteroatoms. The fourth-order valence-electron chi connectivity index (χ4n) is 3.30. The fraction of sp³-hybridized carbons (Fsp3) is 0. The van der Waals surface area contributed by atoms with Crippen LogP contribution in [0.15, 0.2) is 91.1 Å². The molecule has 2 heterocycles. The monoisotopic (exact) mass is 337 g/mol. The third kappa shape index (κ3) is 2.51. The Morgan fingerprint density at radius 2 is 1.36 bits per heavy atom. The minimum Gasteiger partial charge on any atom is -0.256 e. The number of aromatic nitrogens is 1. The molecule has 5 rings (SSSR count). The molecule has 0 radical (unpaired) electrons. The Bertz CT molecular complexity index is 1190. The van der Waals surface area contributed by atoms with E-state index in [-0.39, 0.29) is 0 Å². The first kappa shape index (κ1) is 14.4. The second-order valence-electron chi connectivity index (χ2n) is 6.10. The zero-order valence-electron chi connectivity index (χ0n) is 13.5. The predicted molar refractivity (Wildman–Crippen MR) is 108 cm³/mol. The van der Waals surface area contributed by atoms with Gasteiger partial charge in [0.15, 0.2) is 0 Å². The van der Waals surface area contributed by atoms with Crippen molar-refractivity contribution in [1.29, 1.82) is 0 Å². The van der Waals surface area contributed by atoms with Gasteiger partial charge in [0.1, 0.15) is 0 Å². The van der Waals surface area contributed by atoms with Crippen LogP contribution in [0.1, 0.15) is 0 Å². The van der Waals surface area contributed by atoms with E-state index >= 15 is 0 Å². The summed E-state index contributed by atoms with van der Waals surface area (Å²) in [4.78, 5) is 4.47. The van der Waals surface area contributed by atoms with Gasteiger partial charge in [-0.25, -0.2) is 0 Å². The van der Waals surface area contributed by atoms with E-state index in [2.05, 4.69) is 77.8 Å². The van der Waals surface area contributed by atoms with E-state index in [0.717, 1.165) is 11.3 Å². The normalized spacial score (nSPS) is 11.2. The summed E-state index contributed by atoms with van der Waals surface area (Å²) < 4.78 is 2.68. The fourth-order valence-corrected chi connectivity index (χ4v) is 4.38. The van der Waals surface area contributed by atoms with Crippen LogP contribution in [0, 0.1) is 0 Å². The average Bonchev–Trinajstić information content (AvgIpc) is 3.07. The summed E-state index contributed by atoms with van der Waals surface area (Å²) in [6.45, 7) is 0. The van der Waals surface area contributed by atoms with Crippen molar-refractivity contribution in [2.24, 2.45) is 0 Å². The molecule has 0 spiro atoms. The molecule has 118 valence electrons. The van der Waals surface area contributed by atoms with Crippen LogP contribution in [0.4, 0.5) is 0 Å². The molecule has 0 N–H and O–H groups in total. The number of hydrogen-bond donors (Lipinski definition) is 0. The van der Waals surface area contributed by atoms with Crippen LogP contribution in [0.2, 0.25) is 0 Å². The quantitative estimate of drug-likeness (QED) is 0.346. The van der Waals surface area contributed by atoms with Crippen LogP contribution in [0.5, 0.6) is 0 Å². The average molecular weight is 337 g/mol. The van der Waals surface area contributed by atoms with Gasteiger partial charge in [-0.15, -0.1) is 11.3 Å². The van der Waals surface area contributed by atoms with Gasteiger partial charge >= 0.3 is 0 Å². The molecule has 5 aromatic rings. The molecule has 0 saturated carbocycles. The summed E-state index contributed by atoms with van der Waals surface area (Å²) in [5.41, 5.74) is 4.62. The molecule has 1 nitrogen and oxygen atoms in total. The maximum Gasteiger partial charge on any atom is 0.0702 e. The minimum atomic E-state index is 1.01. The molecule has 0 fully saturated rings. The molecule has 0 bridgehead atoms. The number of pyridine rings is 1. The smallest absolute Gasteiger partial charge is 0.0702 e. The van der Waals surface area contributed by atoms with Crippen molar-refractivity contribution in [3.63, 3.8) is 0 Å². The van der Waals surface area contributed by atoms with E-state index in [0.29, 0.717) is 0 Å². The summed E-state index contributed by atoms with van der Waals surface area (Å²) in [6, 6.07) is 30.0. The summed E-state index contributed by atoms with van der Waals surface area (Å²) in [5.74, 6) is 0. The number of fused-ring (bicyclic) bond motifs is 3. The summed E-state index contributed by atoms with van der Waals surface area (Å²) >= 11 is 1.86. The van der Waals surface area contributed by atoms with Crippen molar-refractivity contribution in [1.82, 2.24) is 4.98 Å². The van der Waals surface area contributed by atoms with Gasteiger partial charge in [-0.3, -0.25) is 4.98 Å². The van der Waals surface area contributed by atoms with Crippen LogP contribution in [0.25, 0.3) is 42.6 Å². The van der Waals surface area contributed by atoms with Gasteiger partial charge < -0.3 is 0 Å². The molecule has 0 atom stereocenters. The molecule has 0 aliphatic carbocycles. The Labute approximate surface area is 150 Å². The van der Waals surface area contributed by atoms with Crippen molar-refractivity contribution >= 4 is 31.5 Å². The highest BCUT2D eigenvalue weighted by Crippen LogP contribution is 2.36. The lowest BCUT2D eigenvalue weighted by atomic mass is 10.00. The standard InChI is InChI=1S/C23H15NS/c1-2-10-22-19(8-1)20-15-17(11-12-23(20)25-22)16-6-5-7-18(14-16)21-9-3-4-13-24-21/h1-15H. The first-order chi connectivity index (χ1) is 12.4. The SMILES string of the molecule is c1ccc(-c2cccc(-c3ccc4sc5ccccc5c4c3)c2)nc1. The van der Waals surface area contributed by atoms with E-state index in [1.165, 1.54) is 31.3 Å². The highest BCUT2D eigenvalue weighted by Gasteiger charge is 2.07. The topological polar surface area (TPSA) is 12.9 Å². The van der Waals surface area contributed by atoms with Gasteiger partial charge in [0.25, 0.3) is 0 Å². The van der Waals surface area contributed by atoms with Crippen LogP contribution < -0.4 is 0 Å². The van der Waals surface area contributed by atoms with Crippen molar-refractivity contribution in [2.75, 3.05) is 0 Å². The highest BCUT2D eigenvalue weighted by atomic mass is 32.1. The molecule has 0 aliphatic rings. The van der Waals surface area contributed by atoms with Gasteiger partial charge in [-0.05, 0) is 47.5 Å². The maximum absolute atomic E-state index is 4.47. The number of hydrogen-bond acceptors (Lipinski definition) is 2. The van der Waals surface area contributed by atoms with E-state index < -0.39 is 0 Å². The number of nitrogens with zero attached hydrogens (tertiary/aromatic N) is 1.